The zero-order chi connectivity index (χ0) is 14.4. The number of nitrogens with one attached hydrogen (secondary N) is 1. The molecule has 0 unspecified atom stereocenters. The van der Waals surface area contributed by atoms with Crippen LogP contribution in [0.5, 0.6) is 5.75 Å². The molecule has 104 valence electrons. The number of benzene rings is 1. The Balaban J connectivity index is 2.67. The fourth-order valence-electron chi connectivity index (χ4n) is 1.47. The van der Waals surface area contributed by atoms with Gasteiger partial charge in [-0.05, 0) is 38.5 Å². The number of hydrogen-bond acceptors (Lipinski definition) is 3. The summed E-state index contributed by atoms with van der Waals surface area (Å²) in [5, 5.41) is 3.24. The highest BCUT2D eigenvalue weighted by Crippen LogP contribution is 2.23. The molecule has 1 N–H and O–H groups in total. The van der Waals surface area contributed by atoms with Crippen LogP contribution in [0.15, 0.2) is 18.2 Å². The van der Waals surface area contributed by atoms with Gasteiger partial charge in [0.25, 0.3) is 5.91 Å². The van der Waals surface area contributed by atoms with Crippen molar-refractivity contribution in [3.63, 3.8) is 0 Å². The highest BCUT2D eigenvalue weighted by Gasteiger charge is 2.12. The Morgan fingerprint density at radius 3 is 2.68 bits per heavy atom. The Kier molecular flexibility index (Phi) is 5.83. The predicted molar refractivity (Wildman–Crippen MR) is 74.8 cm³/mol. The minimum Gasteiger partial charge on any atom is -0.483 e. The van der Waals surface area contributed by atoms with Crippen LogP contribution < -0.4 is 10.1 Å². The number of hydrogen-bond donors (Lipinski definition) is 1. The normalized spacial score (nSPS) is 11.8. The largest absolute Gasteiger partial charge is 0.483 e. The van der Waals surface area contributed by atoms with Gasteiger partial charge < -0.3 is 10.1 Å². The lowest BCUT2D eigenvalue weighted by Crippen LogP contribution is -2.35. The van der Waals surface area contributed by atoms with Gasteiger partial charge in [0, 0.05) is 11.1 Å². The molecular weight excluding hydrogens is 266 g/mol. The van der Waals surface area contributed by atoms with E-state index in [9.17, 15) is 9.59 Å². The quantitative estimate of drug-likeness (QED) is 0.817. The van der Waals surface area contributed by atoms with E-state index >= 15 is 0 Å². The molecule has 1 aromatic carbocycles. The van der Waals surface area contributed by atoms with Crippen molar-refractivity contribution in [1.29, 1.82) is 0 Å². The van der Waals surface area contributed by atoms with E-state index in [-0.39, 0.29) is 24.3 Å². The zero-order valence-electron chi connectivity index (χ0n) is 11.3. The standard InChI is InChI=1S/C14H18ClNO3/c1-4-9(2)16-14(18)8-19-13-6-5-11(15)7-12(13)10(3)17/h5-7,9H,4,8H2,1-3H3,(H,16,18)/t9-/m0/s1. The van der Waals surface area contributed by atoms with Crippen LogP contribution in [0.3, 0.4) is 0 Å². The number of ether oxygens (including phenoxy) is 1. The van der Waals surface area contributed by atoms with Crippen LogP contribution in [0.2, 0.25) is 5.02 Å². The third-order valence-electron chi connectivity index (χ3n) is 2.70. The van der Waals surface area contributed by atoms with E-state index in [2.05, 4.69) is 5.32 Å². The molecule has 5 heteroatoms. The van der Waals surface area contributed by atoms with Crippen molar-refractivity contribution in [3.8, 4) is 5.75 Å². The highest BCUT2D eigenvalue weighted by atomic mass is 35.5. The van der Waals surface area contributed by atoms with Crippen LogP contribution in [0.4, 0.5) is 0 Å². The maximum Gasteiger partial charge on any atom is 0.258 e. The number of amides is 1. The SMILES string of the molecule is CC[C@H](C)NC(=O)COc1ccc(Cl)cc1C(C)=O. The van der Waals surface area contributed by atoms with Crippen molar-refractivity contribution >= 4 is 23.3 Å². The van der Waals surface area contributed by atoms with Crippen molar-refractivity contribution in [1.82, 2.24) is 5.32 Å². The molecule has 4 nitrogen and oxygen atoms in total. The summed E-state index contributed by atoms with van der Waals surface area (Å²) >= 11 is 5.82. The van der Waals surface area contributed by atoms with E-state index in [0.717, 1.165) is 6.42 Å². The molecule has 0 saturated carbocycles. The summed E-state index contributed by atoms with van der Waals surface area (Å²) in [6.45, 7) is 5.21. The predicted octanol–water partition coefficient (Wildman–Crippen LogP) is 2.84. The lowest BCUT2D eigenvalue weighted by atomic mass is 10.1. The second-order valence-corrected chi connectivity index (χ2v) is 4.80. The van der Waals surface area contributed by atoms with Crippen LogP contribution in [0.25, 0.3) is 0 Å². The smallest absolute Gasteiger partial charge is 0.258 e. The molecule has 1 rings (SSSR count). The molecule has 0 aliphatic rings. The molecule has 0 spiro atoms. The van der Waals surface area contributed by atoms with Crippen LogP contribution in [0.1, 0.15) is 37.6 Å². The summed E-state index contributed by atoms with van der Waals surface area (Å²) in [5.41, 5.74) is 0.379. The van der Waals surface area contributed by atoms with Gasteiger partial charge in [-0.2, -0.15) is 0 Å². The summed E-state index contributed by atoms with van der Waals surface area (Å²) in [5.74, 6) is 0.00911. The molecule has 0 saturated heterocycles. The first kappa shape index (κ1) is 15.5. The first-order chi connectivity index (χ1) is 8.93. The van der Waals surface area contributed by atoms with Crippen LogP contribution in [-0.4, -0.2) is 24.3 Å². The van der Waals surface area contributed by atoms with Crippen LogP contribution in [0, 0.1) is 0 Å². The van der Waals surface area contributed by atoms with Gasteiger partial charge >= 0.3 is 0 Å². The summed E-state index contributed by atoms with van der Waals surface area (Å²) in [6.07, 6.45) is 0.853. The van der Waals surface area contributed by atoms with Gasteiger partial charge in [0.1, 0.15) is 5.75 Å². The van der Waals surface area contributed by atoms with E-state index in [1.807, 2.05) is 13.8 Å². The molecule has 0 radical (unpaired) electrons. The second kappa shape index (κ2) is 7.14. The third kappa shape index (κ3) is 4.91. The summed E-state index contributed by atoms with van der Waals surface area (Å²) in [4.78, 5) is 23.0. The number of carbonyl (C=O) groups excluding carboxylic acids is 2. The van der Waals surface area contributed by atoms with Gasteiger partial charge in [-0.25, -0.2) is 0 Å². The Labute approximate surface area is 118 Å². The van der Waals surface area contributed by atoms with Gasteiger partial charge in [-0.3, -0.25) is 9.59 Å². The maximum atomic E-state index is 11.6. The molecule has 0 aliphatic carbocycles. The lowest BCUT2D eigenvalue weighted by Gasteiger charge is -2.13. The number of ketones is 1. The van der Waals surface area contributed by atoms with Gasteiger partial charge in [0.05, 0.1) is 5.56 Å². The van der Waals surface area contributed by atoms with Gasteiger partial charge in [-0.1, -0.05) is 18.5 Å². The molecule has 0 aliphatic heterocycles. The van der Waals surface area contributed by atoms with Gasteiger partial charge in [-0.15, -0.1) is 0 Å². The molecule has 1 amide bonds. The molecule has 0 bridgehead atoms. The lowest BCUT2D eigenvalue weighted by molar-refractivity contribution is -0.123. The fourth-order valence-corrected chi connectivity index (χ4v) is 1.64. The van der Waals surface area contributed by atoms with Crippen molar-refractivity contribution < 1.29 is 14.3 Å². The molecule has 0 heterocycles. The molecule has 0 aromatic heterocycles. The molecule has 19 heavy (non-hydrogen) atoms. The molecule has 1 aromatic rings. The Hall–Kier alpha value is -1.55. The zero-order valence-corrected chi connectivity index (χ0v) is 12.1. The third-order valence-corrected chi connectivity index (χ3v) is 2.93. The van der Waals surface area contributed by atoms with E-state index in [1.54, 1.807) is 12.1 Å². The topological polar surface area (TPSA) is 55.4 Å². The Morgan fingerprint density at radius 2 is 2.11 bits per heavy atom. The summed E-state index contributed by atoms with van der Waals surface area (Å²) in [7, 11) is 0. The average molecular weight is 284 g/mol. The van der Waals surface area contributed by atoms with E-state index in [4.69, 9.17) is 16.3 Å². The minimum absolute atomic E-state index is 0.105. The van der Waals surface area contributed by atoms with Gasteiger partial charge in [0.15, 0.2) is 12.4 Å². The van der Waals surface area contributed by atoms with Crippen LogP contribution in [-0.2, 0) is 4.79 Å². The fraction of sp³-hybridized carbons (Fsp3) is 0.429. The van der Waals surface area contributed by atoms with E-state index < -0.39 is 0 Å². The highest BCUT2D eigenvalue weighted by molar-refractivity contribution is 6.31. The minimum atomic E-state index is -0.209. The number of rotatable bonds is 6. The van der Waals surface area contributed by atoms with Crippen molar-refractivity contribution in [2.75, 3.05) is 6.61 Å². The number of Topliss-reactive ketones (excluding diaryl/α,β-unsaturated/α-hetero) is 1. The summed E-state index contributed by atoms with van der Waals surface area (Å²) in [6, 6.07) is 4.85. The first-order valence-corrected chi connectivity index (χ1v) is 6.54. The van der Waals surface area contributed by atoms with Crippen molar-refractivity contribution in [3.05, 3.63) is 28.8 Å². The average Bonchev–Trinajstić information content (AvgIpc) is 2.36. The Morgan fingerprint density at radius 1 is 1.42 bits per heavy atom. The van der Waals surface area contributed by atoms with Crippen molar-refractivity contribution in [2.24, 2.45) is 0 Å². The molecule has 0 fully saturated rings. The molecular formula is C14H18ClNO3. The monoisotopic (exact) mass is 283 g/mol. The van der Waals surface area contributed by atoms with E-state index in [1.165, 1.54) is 13.0 Å². The van der Waals surface area contributed by atoms with Gasteiger partial charge in [0.2, 0.25) is 0 Å². The van der Waals surface area contributed by atoms with Crippen molar-refractivity contribution in [2.45, 2.75) is 33.2 Å². The maximum absolute atomic E-state index is 11.6. The van der Waals surface area contributed by atoms with E-state index in [0.29, 0.717) is 16.3 Å². The molecule has 1 atom stereocenters. The summed E-state index contributed by atoms with van der Waals surface area (Å²) < 4.78 is 5.37. The number of carbonyl (C=O) groups is 2. The second-order valence-electron chi connectivity index (χ2n) is 4.36. The Bertz CT molecular complexity index is 474. The van der Waals surface area contributed by atoms with Crippen LogP contribution >= 0.6 is 11.6 Å². The first-order valence-electron chi connectivity index (χ1n) is 6.16. The number of halogens is 1.